The number of carbonyl (C=O) groups excluding carboxylic acids is 3. The zero-order chi connectivity index (χ0) is 21.8. The van der Waals surface area contributed by atoms with Crippen LogP contribution in [0, 0.1) is 0 Å². The van der Waals surface area contributed by atoms with Crippen LogP contribution in [-0.4, -0.2) is 39.1 Å². The SMILES string of the molecule is CCC(C)(C)NC(=O)CN(Cc1ccccc1Cl)C(=O)c1snc(C(N)=O)c1N. The predicted octanol–water partition coefficient (Wildman–Crippen LogP) is 2.42. The van der Waals surface area contributed by atoms with E-state index in [0.717, 1.165) is 18.0 Å². The average molecular weight is 438 g/mol. The highest BCUT2D eigenvalue weighted by atomic mass is 35.5. The summed E-state index contributed by atoms with van der Waals surface area (Å²) in [5.41, 5.74) is 11.1. The maximum Gasteiger partial charge on any atom is 0.270 e. The molecule has 0 bridgehead atoms. The Labute approximate surface area is 178 Å². The Hall–Kier alpha value is -2.65. The summed E-state index contributed by atoms with van der Waals surface area (Å²) in [4.78, 5) is 38.5. The van der Waals surface area contributed by atoms with Crippen molar-refractivity contribution in [3.63, 3.8) is 0 Å². The van der Waals surface area contributed by atoms with Gasteiger partial charge < -0.3 is 21.7 Å². The first-order valence-electron chi connectivity index (χ1n) is 8.94. The molecule has 0 saturated carbocycles. The highest BCUT2D eigenvalue weighted by Crippen LogP contribution is 2.25. The summed E-state index contributed by atoms with van der Waals surface area (Å²) in [7, 11) is 0. The molecule has 0 unspecified atom stereocenters. The number of hydrogen-bond acceptors (Lipinski definition) is 6. The van der Waals surface area contributed by atoms with Crippen LogP contribution in [0.1, 0.15) is 52.9 Å². The fourth-order valence-electron chi connectivity index (χ4n) is 2.48. The molecule has 0 radical (unpaired) electrons. The summed E-state index contributed by atoms with van der Waals surface area (Å²) in [6.07, 6.45) is 0.723. The topological polar surface area (TPSA) is 131 Å². The number of nitrogens with zero attached hydrogens (tertiary/aromatic N) is 2. The second-order valence-electron chi connectivity index (χ2n) is 7.18. The number of nitrogens with one attached hydrogen (secondary N) is 1. The number of aromatic nitrogens is 1. The third-order valence-corrected chi connectivity index (χ3v) is 5.68. The maximum absolute atomic E-state index is 13.1. The quantitative estimate of drug-likeness (QED) is 0.583. The average Bonchev–Trinajstić information content (AvgIpc) is 3.03. The second kappa shape index (κ2) is 9.23. The molecule has 2 rings (SSSR count). The van der Waals surface area contributed by atoms with Crippen LogP contribution in [0.25, 0.3) is 0 Å². The molecule has 0 aliphatic carbocycles. The van der Waals surface area contributed by atoms with Crippen LogP contribution in [0.2, 0.25) is 5.02 Å². The zero-order valence-corrected chi connectivity index (χ0v) is 18.1. The zero-order valence-electron chi connectivity index (χ0n) is 16.5. The molecule has 29 heavy (non-hydrogen) atoms. The summed E-state index contributed by atoms with van der Waals surface area (Å²) in [6, 6.07) is 7.03. The third-order valence-electron chi connectivity index (χ3n) is 4.46. The lowest BCUT2D eigenvalue weighted by atomic mass is 10.0. The van der Waals surface area contributed by atoms with Crippen LogP contribution in [0.15, 0.2) is 24.3 Å². The van der Waals surface area contributed by atoms with Gasteiger partial charge in [0, 0.05) is 17.1 Å². The summed E-state index contributed by atoms with van der Waals surface area (Å²) < 4.78 is 3.86. The number of benzene rings is 1. The van der Waals surface area contributed by atoms with Crippen molar-refractivity contribution in [2.24, 2.45) is 5.73 Å². The van der Waals surface area contributed by atoms with Crippen LogP contribution < -0.4 is 16.8 Å². The normalized spacial score (nSPS) is 11.2. The molecule has 10 heteroatoms. The summed E-state index contributed by atoms with van der Waals surface area (Å²) in [5, 5.41) is 3.37. The van der Waals surface area contributed by atoms with E-state index in [4.69, 9.17) is 23.1 Å². The molecule has 0 fully saturated rings. The Kier molecular flexibility index (Phi) is 7.21. The van der Waals surface area contributed by atoms with Gasteiger partial charge in [-0.05, 0) is 43.4 Å². The minimum Gasteiger partial charge on any atom is -0.395 e. The van der Waals surface area contributed by atoms with Gasteiger partial charge in [0.2, 0.25) is 5.91 Å². The third kappa shape index (κ3) is 5.68. The monoisotopic (exact) mass is 437 g/mol. The van der Waals surface area contributed by atoms with Gasteiger partial charge in [0.25, 0.3) is 11.8 Å². The lowest BCUT2D eigenvalue weighted by molar-refractivity contribution is -0.123. The van der Waals surface area contributed by atoms with Gasteiger partial charge in [-0.2, -0.15) is 4.37 Å². The van der Waals surface area contributed by atoms with Crippen molar-refractivity contribution in [3.8, 4) is 0 Å². The van der Waals surface area contributed by atoms with E-state index in [1.54, 1.807) is 24.3 Å². The van der Waals surface area contributed by atoms with E-state index < -0.39 is 17.4 Å². The molecule has 2 aromatic rings. The van der Waals surface area contributed by atoms with Gasteiger partial charge in [-0.3, -0.25) is 14.4 Å². The number of carbonyl (C=O) groups is 3. The van der Waals surface area contributed by atoms with Gasteiger partial charge >= 0.3 is 0 Å². The molecule has 156 valence electrons. The predicted molar refractivity (Wildman–Crippen MR) is 114 cm³/mol. The van der Waals surface area contributed by atoms with E-state index in [1.807, 2.05) is 20.8 Å². The van der Waals surface area contributed by atoms with Crippen LogP contribution in [-0.2, 0) is 11.3 Å². The fourth-order valence-corrected chi connectivity index (χ4v) is 3.45. The maximum atomic E-state index is 13.1. The Balaban J connectivity index is 2.33. The van der Waals surface area contributed by atoms with Crippen LogP contribution in [0.3, 0.4) is 0 Å². The Morgan fingerprint density at radius 2 is 1.93 bits per heavy atom. The lowest BCUT2D eigenvalue weighted by Crippen LogP contribution is -2.48. The van der Waals surface area contributed by atoms with E-state index in [-0.39, 0.29) is 35.3 Å². The molecule has 1 heterocycles. The molecule has 1 aromatic heterocycles. The first kappa shape index (κ1) is 22.6. The van der Waals surface area contributed by atoms with Crippen LogP contribution in [0.5, 0.6) is 0 Å². The fraction of sp³-hybridized carbons (Fsp3) is 0.368. The number of rotatable bonds is 8. The van der Waals surface area contributed by atoms with Gasteiger partial charge in [-0.1, -0.05) is 36.7 Å². The number of halogens is 1. The molecule has 0 atom stereocenters. The molecule has 0 aliphatic heterocycles. The van der Waals surface area contributed by atoms with Gasteiger partial charge in [-0.15, -0.1) is 0 Å². The Morgan fingerprint density at radius 3 is 2.48 bits per heavy atom. The van der Waals surface area contributed by atoms with Crippen LogP contribution >= 0.6 is 23.1 Å². The number of primary amides is 1. The van der Waals surface area contributed by atoms with Gasteiger partial charge in [0.15, 0.2) is 5.69 Å². The molecule has 8 nitrogen and oxygen atoms in total. The van der Waals surface area contributed by atoms with Gasteiger partial charge in [0.1, 0.15) is 11.4 Å². The molecule has 5 N–H and O–H groups in total. The van der Waals surface area contributed by atoms with Crippen molar-refractivity contribution >= 4 is 46.5 Å². The largest absolute Gasteiger partial charge is 0.395 e. The second-order valence-corrected chi connectivity index (χ2v) is 8.36. The van der Waals surface area contributed by atoms with Crippen molar-refractivity contribution in [2.75, 3.05) is 12.3 Å². The van der Waals surface area contributed by atoms with Crippen molar-refractivity contribution < 1.29 is 14.4 Å². The molecule has 3 amide bonds. The number of anilines is 1. The number of amides is 3. The standard InChI is InChI=1S/C19H24ClN5O3S/c1-4-19(2,3)23-13(26)10-25(9-11-7-5-6-8-12(11)20)18(28)16-14(21)15(17(22)27)24-29-16/h5-8H,4,9-10,21H2,1-3H3,(H2,22,27)(H,23,26). The van der Waals surface area contributed by atoms with Crippen molar-refractivity contribution in [2.45, 2.75) is 39.3 Å². The van der Waals surface area contributed by atoms with Crippen molar-refractivity contribution in [1.29, 1.82) is 0 Å². The van der Waals surface area contributed by atoms with E-state index in [9.17, 15) is 14.4 Å². The molecular formula is C19H24ClN5O3S. The van der Waals surface area contributed by atoms with Crippen LogP contribution in [0.4, 0.5) is 5.69 Å². The Bertz CT molecular complexity index is 928. The minimum atomic E-state index is -0.821. The lowest BCUT2D eigenvalue weighted by Gasteiger charge is -2.28. The van der Waals surface area contributed by atoms with Crippen molar-refractivity contribution in [3.05, 3.63) is 45.4 Å². The van der Waals surface area contributed by atoms with E-state index in [1.165, 1.54) is 4.90 Å². The first-order valence-corrected chi connectivity index (χ1v) is 10.1. The van der Waals surface area contributed by atoms with Gasteiger partial charge in [0.05, 0.1) is 5.69 Å². The highest BCUT2D eigenvalue weighted by Gasteiger charge is 2.28. The molecule has 0 aliphatic rings. The molecule has 0 saturated heterocycles. The number of nitrogens with two attached hydrogens (primary N) is 2. The van der Waals surface area contributed by atoms with Gasteiger partial charge in [-0.25, -0.2) is 0 Å². The van der Waals surface area contributed by atoms with E-state index in [0.29, 0.717) is 10.6 Å². The number of hydrogen-bond donors (Lipinski definition) is 3. The minimum absolute atomic E-state index is 0.0494. The van der Waals surface area contributed by atoms with Crippen molar-refractivity contribution in [1.82, 2.24) is 14.6 Å². The van der Waals surface area contributed by atoms with E-state index >= 15 is 0 Å². The Morgan fingerprint density at radius 1 is 1.28 bits per heavy atom. The van der Waals surface area contributed by atoms with E-state index in [2.05, 4.69) is 9.69 Å². The highest BCUT2D eigenvalue weighted by molar-refractivity contribution is 7.09. The molecular weight excluding hydrogens is 414 g/mol. The summed E-state index contributed by atoms with van der Waals surface area (Å²) in [5.74, 6) is -1.68. The molecule has 1 aromatic carbocycles. The smallest absolute Gasteiger partial charge is 0.270 e. The first-order chi connectivity index (χ1) is 13.6. The summed E-state index contributed by atoms with van der Waals surface area (Å²) >= 11 is 7.00. The summed E-state index contributed by atoms with van der Waals surface area (Å²) in [6.45, 7) is 5.62. The molecule has 0 spiro atoms. The number of nitrogen functional groups attached to an aromatic ring is 1.